The van der Waals surface area contributed by atoms with Crippen LogP contribution in [-0.2, 0) is 11.2 Å². The molecule has 0 bridgehead atoms. The fourth-order valence-corrected chi connectivity index (χ4v) is 1.77. The third kappa shape index (κ3) is 2.35. The van der Waals surface area contributed by atoms with Crippen LogP contribution in [0.25, 0.3) is 0 Å². The molecule has 1 atom stereocenters. The van der Waals surface area contributed by atoms with Crippen LogP contribution in [0.4, 0.5) is 13.2 Å². The monoisotopic (exact) mass is 230 g/mol. The highest BCUT2D eigenvalue weighted by Crippen LogP contribution is 2.29. The van der Waals surface area contributed by atoms with Gasteiger partial charge in [-0.25, -0.2) is 4.79 Å². The summed E-state index contributed by atoms with van der Waals surface area (Å²) in [6.45, 7) is 0. The van der Waals surface area contributed by atoms with Crippen molar-refractivity contribution in [1.29, 1.82) is 0 Å². The number of benzene rings is 1. The predicted molar refractivity (Wildman–Crippen MR) is 50.0 cm³/mol. The number of ether oxygens (including phenoxy) is 1. The van der Waals surface area contributed by atoms with Gasteiger partial charge in [0.1, 0.15) is 6.10 Å². The molecule has 5 heteroatoms. The molecule has 16 heavy (non-hydrogen) atoms. The quantitative estimate of drug-likeness (QED) is 0.693. The molecule has 86 valence electrons. The largest absolute Gasteiger partial charge is 0.458 e. The van der Waals surface area contributed by atoms with Crippen LogP contribution in [0.3, 0.4) is 0 Å². The van der Waals surface area contributed by atoms with Crippen LogP contribution in [0, 0.1) is 0 Å². The zero-order chi connectivity index (χ0) is 11.8. The van der Waals surface area contributed by atoms with E-state index in [0.29, 0.717) is 11.1 Å². The predicted octanol–water partition coefficient (Wildman–Crippen LogP) is 2.72. The van der Waals surface area contributed by atoms with Crippen LogP contribution in [0.5, 0.6) is 0 Å². The maximum Gasteiger partial charge on any atom is 0.392 e. The highest BCUT2D eigenvalue weighted by atomic mass is 19.4. The number of cyclic esters (lactones) is 1. The van der Waals surface area contributed by atoms with Gasteiger partial charge in [-0.05, 0) is 11.6 Å². The molecule has 0 aromatic heterocycles. The van der Waals surface area contributed by atoms with Gasteiger partial charge in [0, 0.05) is 6.42 Å². The summed E-state index contributed by atoms with van der Waals surface area (Å²) < 4.78 is 41.2. The summed E-state index contributed by atoms with van der Waals surface area (Å²) >= 11 is 0. The molecule has 0 spiro atoms. The minimum Gasteiger partial charge on any atom is -0.458 e. The molecule has 1 heterocycles. The summed E-state index contributed by atoms with van der Waals surface area (Å²) in [5.41, 5.74) is 0.980. The number of esters is 1. The Morgan fingerprint density at radius 3 is 2.69 bits per heavy atom. The summed E-state index contributed by atoms with van der Waals surface area (Å²) in [4.78, 5) is 11.4. The van der Waals surface area contributed by atoms with Gasteiger partial charge in [0.25, 0.3) is 0 Å². The molecule has 1 aromatic rings. The smallest absolute Gasteiger partial charge is 0.392 e. The Morgan fingerprint density at radius 2 is 2.00 bits per heavy atom. The topological polar surface area (TPSA) is 26.3 Å². The van der Waals surface area contributed by atoms with E-state index in [4.69, 9.17) is 4.74 Å². The van der Waals surface area contributed by atoms with Crippen molar-refractivity contribution in [1.82, 2.24) is 0 Å². The van der Waals surface area contributed by atoms with Gasteiger partial charge in [0.05, 0.1) is 12.0 Å². The molecule has 0 amide bonds. The van der Waals surface area contributed by atoms with Gasteiger partial charge in [-0.2, -0.15) is 13.2 Å². The number of halogens is 3. The standard InChI is InChI=1S/C11H9F3O2/c12-11(13,14)6-8-5-7-3-1-2-4-9(7)10(15)16-8/h1-4,8H,5-6H2. The number of fused-ring (bicyclic) bond motifs is 1. The first-order chi connectivity index (χ1) is 7.46. The van der Waals surface area contributed by atoms with E-state index in [1.165, 1.54) is 0 Å². The van der Waals surface area contributed by atoms with E-state index in [1.54, 1.807) is 24.3 Å². The number of hydrogen-bond donors (Lipinski definition) is 0. The molecule has 1 aromatic carbocycles. The van der Waals surface area contributed by atoms with Crippen LogP contribution < -0.4 is 0 Å². The van der Waals surface area contributed by atoms with Crippen molar-refractivity contribution < 1.29 is 22.7 Å². The molecule has 2 rings (SSSR count). The van der Waals surface area contributed by atoms with Crippen LogP contribution >= 0.6 is 0 Å². The molecular formula is C11H9F3O2. The molecule has 1 aliphatic rings. The van der Waals surface area contributed by atoms with Gasteiger partial charge in [0.15, 0.2) is 0 Å². The summed E-state index contributed by atoms with van der Waals surface area (Å²) in [7, 11) is 0. The zero-order valence-electron chi connectivity index (χ0n) is 8.25. The van der Waals surface area contributed by atoms with E-state index >= 15 is 0 Å². The number of hydrogen-bond acceptors (Lipinski definition) is 2. The Labute approximate surface area is 90.0 Å². The Hall–Kier alpha value is -1.52. The van der Waals surface area contributed by atoms with Crippen molar-refractivity contribution in [2.75, 3.05) is 0 Å². The molecule has 1 unspecified atom stereocenters. The van der Waals surface area contributed by atoms with Gasteiger partial charge >= 0.3 is 12.1 Å². The van der Waals surface area contributed by atoms with Gasteiger partial charge in [-0.3, -0.25) is 0 Å². The molecule has 2 nitrogen and oxygen atoms in total. The van der Waals surface area contributed by atoms with E-state index < -0.39 is 24.7 Å². The SMILES string of the molecule is O=C1OC(CC(F)(F)F)Cc2ccccc21. The first-order valence-electron chi connectivity index (χ1n) is 4.81. The van der Waals surface area contributed by atoms with E-state index in [9.17, 15) is 18.0 Å². The average Bonchev–Trinajstić information content (AvgIpc) is 2.15. The van der Waals surface area contributed by atoms with Crippen molar-refractivity contribution in [3.8, 4) is 0 Å². The van der Waals surface area contributed by atoms with Crippen molar-refractivity contribution in [3.05, 3.63) is 35.4 Å². The van der Waals surface area contributed by atoms with Crippen LogP contribution in [-0.4, -0.2) is 18.2 Å². The van der Waals surface area contributed by atoms with Crippen molar-refractivity contribution in [2.45, 2.75) is 25.1 Å². The van der Waals surface area contributed by atoms with Gasteiger partial charge in [-0.1, -0.05) is 18.2 Å². The van der Waals surface area contributed by atoms with E-state index in [0.717, 1.165) is 0 Å². The van der Waals surface area contributed by atoms with Crippen LogP contribution in [0.15, 0.2) is 24.3 Å². The zero-order valence-corrected chi connectivity index (χ0v) is 8.25. The second kappa shape index (κ2) is 3.81. The molecule has 0 radical (unpaired) electrons. The molecular weight excluding hydrogens is 221 g/mol. The minimum absolute atomic E-state index is 0.126. The molecule has 1 aliphatic heterocycles. The second-order valence-corrected chi connectivity index (χ2v) is 3.71. The Kier molecular flexibility index (Phi) is 2.61. The van der Waals surface area contributed by atoms with Crippen molar-refractivity contribution >= 4 is 5.97 Å². The van der Waals surface area contributed by atoms with E-state index in [-0.39, 0.29) is 6.42 Å². The average molecular weight is 230 g/mol. The lowest BCUT2D eigenvalue weighted by Crippen LogP contribution is -2.31. The van der Waals surface area contributed by atoms with Gasteiger partial charge in [0.2, 0.25) is 0 Å². The second-order valence-electron chi connectivity index (χ2n) is 3.71. The Balaban J connectivity index is 2.18. The molecule has 0 fully saturated rings. The first kappa shape index (κ1) is 11.0. The van der Waals surface area contributed by atoms with Gasteiger partial charge in [-0.15, -0.1) is 0 Å². The number of rotatable bonds is 1. The van der Waals surface area contributed by atoms with Crippen LogP contribution in [0.2, 0.25) is 0 Å². The lowest BCUT2D eigenvalue weighted by Gasteiger charge is -2.25. The third-order valence-electron chi connectivity index (χ3n) is 2.42. The molecule has 0 N–H and O–H groups in total. The lowest BCUT2D eigenvalue weighted by atomic mass is 9.97. The van der Waals surface area contributed by atoms with E-state index in [1.807, 2.05) is 0 Å². The van der Waals surface area contributed by atoms with E-state index in [2.05, 4.69) is 0 Å². The molecule has 0 saturated carbocycles. The Morgan fingerprint density at radius 1 is 1.31 bits per heavy atom. The summed E-state index contributed by atoms with van der Waals surface area (Å²) in [5.74, 6) is -0.670. The first-order valence-corrected chi connectivity index (χ1v) is 4.81. The summed E-state index contributed by atoms with van der Waals surface area (Å²) in [6.07, 6.45) is -6.37. The van der Waals surface area contributed by atoms with Crippen molar-refractivity contribution in [3.63, 3.8) is 0 Å². The normalized spacial score (nSPS) is 20.2. The molecule has 0 saturated heterocycles. The number of carbonyl (C=O) groups excluding carboxylic acids is 1. The number of alkyl halides is 3. The third-order valence-corrected chi connectivity index (χ3v) is 2.42. The summed E-state index contributed by atoms with van der Waals surface area (Å²) in [6, 6.07) is 6.56. The highest BCUT2D eigenvalue weighted by Gasteiger charge is 2.36. The van der Waals surface area contributed by atoms with Gasteiger partial charge < -0.3 is 4.74 Å². The molecule has 0 aliphatic carbocycles. The van der Waals surface area contributed by atoms with Crippen LogP contribution in [0.1, 0.15) is 22.3 Å². The fraction of sp³-hybridized carbons (Fsp3) is 0.364. The number of carbonyl (C=O) groups is 1. The summed E-state index contributed by atoms with van der Waals surface area (Å²) in [5, 5.41) is 0. The maximum atomic E-state index is 12.2. The highest BCUT2D eigenvalue weighted by molar-refractivity contribution is 5.92. The minimum atomic E-state index is -4.31. The maximum absolute atomic E-state index is 12.2. The lowest BCUT2D eigenvalue weighted by molar-refractivity contribution is -0.154. The Bertz CT molecular complexity index is 412. The van der Waals surface area contributed by atoms with Crippen molar-refractivity contribution in [2.24, 2.45) is 0 Å². The fourth-order valence-electron chi connectivity index (χ4n) is 1.77.